The number of ether oxygens (including phenoxy) is 2. The summed E-state index contributed by atoms with van der Waals surface area (Å²) in [6, 6.07) is 12.8. The van der Waals surface area contributed by atoms with E-state index in [0.717, 1.165) is 44.4 Å². The molecule has 3 heterocycles. The second-order valence-corrected chi connectivity index (χ2v) is 12.0. The highest BCUT2D eigenvalue weighted by Crippen LogP contribution is 2.37. The Morgan fingerprint density at radius 3 is 2.45 bits per heavy atom. The normalized spacial score (nSPS) is 17.2. The molecule has 1 aromatic carbocycles. The number of carbonyl (C=O) groups excluding carboxylic acids is 1. The van der Waals surface area contributed by atoms with E-state index in [2.05, 4.69) is 53.5 Å². The fraction of sp³-hybridized carbons (Fsp3) is 0.516. The van der Waals surface area contributed by atoms with E-state index < -0.39 is 5.97 Å². The number of esters is 1. The summed E-state index contributed by atoms with van der Waals surface area (Å²) in [5, 5.41) is 0. The predicted molar refractivity (Wildman–Crippen MR) is 154 cm³/mol. The van der Waals surface area contributed by atoms with Crippen LogP contribution in [0.1, 0.15) is 74.8 Å². The van der Waals surface area contributed by atoms with Crippen molar-refractivity contribution in [3.63, 3.8) is 0 Å². The summed E-state index contributed by atoms with van der Waals surface area (Å²) in [6.07, 6.45) is 5.31. The second-order valence-electron chi connectivity index (χ2n) is 12.0. The number of hydrogen-bond acceptors (Lipinski definition) is 9. The zero-order chi connectivity index (χ0) is 28.1. The van der Waals surface area contributed by atoms with Crippen molar-refractivity contribution in [1.82, 2.24) is 24.8 Å². The quantitative estimate of drug-likeness (QED) is 0.349. The lowest BCUT2D eigenvalue weighted by molar-refractivity contribution is 0.0725. The average molecular weight is 545 g/mol. The van der Waals surface area contributed by atoms with Gasteiger partial charge in [0.1, 0.15) is 11.6 Å². The minimum absolute atomic E-state index is 0.0709. The van der Waals surface area contributed by atoms with Crippen LogP contribution in [0.3, 0.4) is 0 Å². The monoisotopic (exact) mass is 544 g/mol. The van der Waals surface area contributed by atoms with Gasteiger partial charge in [0.15, 0.2) is 0 Å². The van der Waals surface area contributed by atoms with Crippen LogP contribution in [-0.2, 0) is 5.41 Å². The Labute approximate surface area is 237 Å². The maximum atomic E-state index is 12.3. The van der Waals surface area contributed by atoms with E-state index in [0.29, 0.717) is 18.1 Å². The van der Waals surface area contributed by atoms with Gasteiger partial charge in [0.25, 0.3) is 0 Å². The molecule has 9 nitrogen and oxygen atoms in total. The van der Waals surface area contributed by atoms with Crippen LogP contribution in [0, 0.1) is 5.92 Å². The van der Waals surface area contributed by atoms with Crippen LogP contribution in [-0.4, -0.2) is 70.1 Å². The van der Waals surface area contributed by atoms with E-state index >= 15 is 0 Å². The highest BCUT2D eigenvalue weighted by atomic mass is 16.5. The largest absolute Gasteiger partial charge is 0.463 e. The van der Waals surface area contributed by atoms with E-state index in [4.69, 9.17) is 19.4 Å². The van der Waals surface area contributed by atoms with Gasteiger partial charge in [-0.2, -0.15) is 4.98 Å². The number of aromatic nitrogens is 4. The molecule has 1 saturated heterocycles. The number of rotatable bonds is 9. The van der Waals surface area contributed by atoms with Gasteiger partial charge in [0, 0.05) is 74.0 Å². The molecular weight excluding hydrogens is 504 g/mol. The smallest absolute Gasteiger partial charge is 0.344 e. The van der Waals surface area contributed by atoms with Gasteiger partial charge >= 0.3 is 12.0 Å². The average Bonchev–Trinajstić information content (AvgIpc) is 2.91. The first-order valence-corrected chi connectivity index (χ1v) is 14.3. The predicted octanol–water partition coefficient (Wildman–Crippen LogP) is 4.89. The third-order valence-corrected chi connectivity index (χ3v) is 7.50. The van der Waals surface area contributed by atoms with E-state index in [1.807, 2.05) is 6.07 Å². The molecule has 0 amide bonds. The Hall–Kier alpha value is -3.59. The molecule has 5 rings (SSSR count). The molecule has 2 fully saturated rings. The molecule has 2 aromatic heterocycles. The fourth-order valence-corrected chi connectivity index (χ4v) is 4.91. The van der Waals surface area contributed by atoms with Crippen LogP contribution in [0.25, 0.3) is 0 Å². The first-order chi connectivity index (χ1) is 19.2. The molecule has 0 spiro atoms. The number of hydrogen-bond donors (Lipinski definition) is 0. The summed E-state index contributed by atoms with van der Waals surface area (Å²) < 4.78 is 11.2. The molecule has 3 aromatic rings. The molecule has 1 aliphatic heterocycles. The summed E-state index contributed by atoms with van der Waals surface area (Å²) in [5.74, 6) is 2.59. The minimum Gasteiger partial charge on any atom is -0.463 e. The van der Waals surface area contributed by atoms with E-state index in [9.17, 15) is 4.79 Å². The Morgan fingerprint density at radius 1 is 1.02 bits per heavy atom. The lowest BCUT2D eigenvalue weighted by Crippen LogP contribution is -2.48. The Balaban J connectivity index is 1.11. The summed E-state index contributed by atoms with van der Waals surface area (Å²) in [4.78, 5) is 35.6. The van der Waals surface area contributed by atoms with Gasteiger partial charge in [-0.05, 0) is 25.0 Å². The third kappa shape index (κ3) is 7.13. The van der Waals surface area contributed by atoms with Crippen LogP contribution >= 0.6 is 0 Å². The van der Waals surface area contributed by atoms with Crippen molar-refractivity contribution in [3.05, 3.63) is 65.7 Å². The molecule has 2 aliphatic rings. The first kappa shape index (κ1) is 28.0. The molecule has 0 radical (unpaired) electrons. The number of benzene rings is 1. The zero-order valence-corrected chi connectivity index (χ0v) is 24.0. The summed E-state index contributed by atoms with van der Waals surface area (Å²) in [5.41, 5.74) is 1.61. The van der Waals surface area contributed by atoms with Gasteiger partial charge in [0.2, 0.25) is 5.88 Å². The maximum Gasteiger partial charge on any atom is 0.344 e. The van der Waals surface area contributed by atoms with Gasteiger partial charge in [-0.1, -0.05) is 52.3 Å². The molecule has 1 aliphatic carbocycles. The number of piperazine rings is 1. The maximum absolute atomic E-state index is 12.3. The van der Waals surface area contributed by atoms with E-state index in [1.54, 1.807) is 30.3 Å². The summed E-state index contributed by atoms with van der Waals surface area (Å²) >= 11 is 0. The summed E-state index contributed by atoms with van der Waals surface area (Å²) in [6.45, 7) is 14.0. The molecule has 212 valence electrons. The molecule has 9 heteroatoms. The van der Waals surface area contributed by atoms with Crippen LogP contribution in [0.4, 0.5) is 5.82 Å². The highest BCUT2D eigenvalue weighted by molar-refractivity contribution is 5.90. The van der Waals surface area contributed by atoms with Gasteiger partial charge in [-0.25, -0.2) is 19.7 Å². The van der Waals surface area contributed by atoms with Gasteiger partial charge in [-0.3, -0.25) is 4.90 Å². The van der Waals surface area contributed by atoms with Crippen molar-refractivity contribution in [2.75, 3.05) is 44.2 Å². The molecule has 0 N–H and O–H groups in total. The minimum atomic E-state index is -0.464. The SMILES string of the molecule is C[C@@H](COc1nccc(OC(=O)c2ccccc2)n1)CN1CCN(c2cc(C3CCC3)nc(C(C)(C)C)n2)CC1. The van der Waals surface area contributed by atoms with Gasteiger partial charge in [-0.15, -0.1) is 0 Å². The van der Waals surface area contributed by atoms with Crippen molar-refractivity contribution in [1.29, 1.82) is 0 Å². The Bertz CT molecular complexity index is 1280. The lowest BCUT2D eigenvalue weighted by atomic mass is 9.82. The third-order valence-electron chi connectivity index (χ3n) is 7.50. The van der Waals surface area contributed by atoms with Crippen LogP contribution in [0.15, 0.2) is 48.7 Å². The fourth-order valence-electron chi connectivity index (χ4n) is 4.91. The zero-order valence-electron chi connectivity index (χ0n) is 24.0. The molecule has 1 atom stereocenters. The molecule has 1 saturated carbocycles. The summed E-state index contributed by atoms with van der Waals surface area (Å²) in [7, 11) is 0. The van der Waals surface area contributed by atoms with Crippen LogP contribution in [0.5, 0.6) is 11.9 Å². The number of carbonyl (C=O) groups is 1. The van der Waals surface area contributed by atoms with E-state index in [-0.39, 0.29) is 23.2 Å². The Morgan fingerprint density at radius 2 is 1.77 bits per heavy atom. The van der Waals surface area contributed by atoms with Crippen molar-refractivity contribution >= 4 is 11.8 Å². The Kier molecular flexibility index (Phi) is 8.59. The van der Waals surface area contributed by atoms with Gasteiger partial charge < -0.3 is 14.4 Å². The van der Waals surface area contributed by atoms with E-state index in [1.165, 1.54) is 31.2 Å². The number of nitrogens with zero attached hydrogens (tertiary/aromatic N) is 6. The van der Waals surface area contributed by atoms with Crippen molar-refractivity contribution in [3.8, 4) is 11.9 Å². The molecule has 40 heavy (non-hydrogen) atoms. The lowest BCUT2D eigenvalue weighted by Gasteiger charge is -2.37. The van der Waals surface area contributed by atoms with Crippen LogP contribution < -0.4 is 14.4 Å². The van der Waals surface area contributed by atoms with Crippen molar-refractivity contribution in [2.45, 2.75) is 58.3 Å². The molecule has 0 bridgehead atoms. The van der Waals surface area contributed by atoms with Crippen molar-refractivity contribution in [2.24, 2.45) is 5.92 Å². The standard InChI is InChI=1S/C31H40N6O3/c1-22(21-39-30-32-14-13-27(35-30)40-28(38)24-9-6-5-7-10-24)20-36-15-17-37(18-16-36)26-19-25(23-11-8-12-23)33-29(34-26)31(2,3)4/h5-7,9-10,13-14,19,22-23H,8,11-12,15-18,20-21H2,1-4H3/t22-/m1/s1. The second kappa shape index (κ2) is 12.3. The molecule has 0 unspecified atom stereocenters. The van der Waals surface area contributed by atoms with Gasteiger partial charge in [0.05, 0.1) is 12.2 Å². The topological polar surface area (TPSA) is 93.6 Å². The highest BCUT2D eigenvalue weighted by Gasteiger charge is 2.28. The number of anilines is 1. The molecular formula is C31H40N6O3. The van der Waals surface area contributed by atoms with Crippen LogP contribution in [0.2, 0.25) is 0 Å². The first-order valence-electron chi connectivity index (χ1n) is 14.3. The van der Waals surface area contributed by atoms with Crippen molar-refractivity contribution < 1.29 is 14.3 Å².